The number of rotatable bonds is 8. The molecule has 1 aromatic heterocycles. The summed E-state index contributed by atoms with van der Waals surface area (Å²) < 4.78 is 31.7. The minimum absolute atomic E-state index is 0.315. The highest BCUT2D eigenvalue weighted by Crippen LogP contribution is 2.30. The highest BCUT2D eigenvalue weighted by molar-refractivity contribution is 7.98. The molecular weight excluding hydrogens is 488 g/mol. The van der Waals surface area contributed by atoms with Crippen LogP contribution in [0.4, 0.5) is 0 Å². The number of aryl methyl sites for hydroxylation is 5. The van der Waals surface area contributed by atoms with Crippen LogP contribution in [0.5, 0.6) is 0 Å². The topological polar surface area (TPSA) is 76.9 Å². The molecule has 0 amide bonds. The lowest BCUT2D eigenvalue weighted by molar-refractivity contribution is 0.555. The fourth-order valence-electron chi connectivity index (χ4n) is 4.44. The van der Waals surface area contributed by atoms with Crippen molar-refractivity contribution in [3.63, 3.8) is 0 Å². The minimum Gasteiger partial charge on any atom is -0.273 e. The summed E-state index contributed by atoms with van der Waals surface area (Å²) in [7, 11) is -3.78. The van der Waals surface area contributed by atoms with Gasteiger partial charge in [0.05, 0.1) is 10.9 Å². The summed E-state index contributed by atoms with van der Waals surface area (Å²) in [6, 6.07) is 19.5. The summed E-state index contributed by atoms with van der Waals surface area (Å²) >= 11 is 1.58. The smallest absolute Gasteiger partial charge is 0.241 e. The molecular formula is C28H32N4O2S2. The number of thioether (sulfide) groups is 1. The number of sulfonamides is 1. The van der Waals surface area contributed by atoms with Crippen LogP contribution in [0.1, 0.15) is 52.2 Å². The van der Waals surface area contributed by atoms with Gasteiger partial charge >= 0.3 is 0 Å². The average molecular weight is 521 g/mol. The number of hydrogen-bond donors (Lipinski definition) is 1. The number of aromatic nitrogens is 3. The minimum atomic E-state index is -3.78. The molecule has 0 saturated carbocycles. The zero-order valence-corrected chi connectivity index (χ0v) is 23.2. The van der Waals surface area contributed by atoms with Crippen molar-refractivity contribution in [2.45, 2.75) is 63.4 Å². The van der Waals surface area contributed by atoms with Gasteiger partial charge in [0.2, 0.25) is 10.0 Å². The van der Waals surface area contributed by atoms with Gasteiger partial charge in [0.25, 0.3) is 0 Å². The first-order valence-corrected chi connectivity index (χ1v) is 14.3. The summed E-state index contributed by atoms with van der Waals surface area (Å²) in [4.78, 5) is 0.315. The molecule has 0 aliphatic carbocycles. The van der Waals surface area contributed by atoms with Crippen LogP contribution >= 0.6 is 11.8 Å². The van der Waals surface area contributed by atoms with Crippen LogP contribution in [0.25, 0.3) is 5.69 Å². The zero-order chi connectivity index (χ0) is 26.0. The number of nitrogens with one attached hydrogen (secondary N) is 1. The first kappa shape index (κ1) is 26.1. The lowest BCUT2D eigenvalue weighted by Gasteiger charge is -2.19. The Balaban J connectivity index is 1.70. The zero-order valence-electron chi connectivity index (χ0n) is 21.5. The molecule has 4 rings (SSSR count). The molecule has 36 heavy (non-hydrogen) atoms. The van der Waals surface area contributed by atoms with Crippen LogP contribution in [-0.2, 0) is 15.8 Å². The lowest BCUT2D eigenvalue weighted by Crippen LogP contribution is -2.30. The van der Waals surface area contributed by atoms with Crippen molar-refractivity contribution in [1.29, 1.82) is 0 Å². The summed E-state index contributed by atoms with van der Waals surface area (Å²) in [5.41, 5.74) is 6.95. The Kier molecular flexibility index (Phi) is 7.68. The maximum absolute atomic E-state index is 13.4. The van der Waals surface area contributed by atoms with Gasteiger partial charge in [-0.1, -0.05) is 71.4 Å². The molecule has 0 saturated heterocycles. The van der Waals surface area contributed by atoms with Crippen molar-refractivity contribution in [2.24, 2.45) is 0 Å². The molecule has 1 N–H and O–H groups in total. The summed E-state index contributed by atoms with van der Waals surface area (Å²) in [5, 5.41) is 9.64. The molecule has 0 aliphatic rings. The van der Waals surface area contributed by atoms with E-state index >= 15 is 0 Å². The Bertz CT molecular complexity index is 1470. The van der Waals surface area contributed by atoms with E-state index in [9.17, 15) is 8.42 Å². The highest BCUT2D eigenvalue weighted by atomic mass is 32.2. The van der Waals surface area contributed by atoms with Crippen LogP contribution in [0, 0.1) is 34.6 Å². The molecule has 3 aromatic carbocycles. The summed E-state index contributed by atoms with van der Waals surface area (Å²) in [5.74, 6) is 1.27. The SMILES string of the molecule is Cc1ccc(-n2c(SCc3ccccc3C)nnc2C(C)NS(=O)(=O)c2c(C)cc(C)cc2C)cc1. The summed E-state index contributed by atoms with van der Waals surface area (Å²) in [6.45, 7) is 11.6. The predicted octanol–water partition coefficient (Wildman–Crippen LogP) is 6.14. The van der Waals surface area contributed by atoms with E-state index in [1.807, 2.05) is 80.8 Å². The van der Waals surface area contributed by atoms with Crippen molar-refractivity contribution >= 4 is 21.8 Å². The monoisotopic (exact) mass is 520 g/mol. The van der Waals surface area contributed by atoms with Crippen molar-refractivity contribution < 1.29 is 8.42 Å². The van der Waals surface area contributed by atoms with Crippen LogP contribution in [0.15, 0.2) is 70.7 Å². The second kappa shape index (κ2) is 10.6. The molecule has 1 atom stereocenters. The molecule has 4 aromatic rings. The van der Waals surface area contributed by atoms with Gasteiger partial charge in [-0.05, 0) is 75.9 Å². The van der Waals surface area contributed by atoms with E-state index in [0.29, 0.717) is 15.9 Å². The van der Waals surface area contributed by atoms with Crippen molar-refractivity contribution in [1.82, 2.24) is 19.5 Å². The van der Waals surface area contributed by atoms with Gasteiger partial charge in [0, 0.05) is 11.4 Å². The lowest BCUT2D eigenvalue weighted by atomic mass is 10.1. The fourth-order valence-corrected chi connectivity index (χ4v) is 7.13. The van der Waals surface area contributed by atoms with E-state index in [1.165, 1.54) is 11.1 Å². The Morgan fingerprint density at radius 2 is 1.50 bits per heavy atom. The molecule has 8 heteroatoms. The molecule has 1 unspecified atom stereocenters. The predicted molar refractivity (Wildman–Crippen MR) is 146 cm³/mol. The maximum atomic E-state index is 13.4. The number of hydrogen-bond acceptors (Lipinski definition) is 5. The summed E-state index contributed by atoms with van der Waals surface area (Å²) in [6.07, 6.45) is 0. The fraction of sp³-hybridized carbons (Fsp3) is 0.286. The molecule has 1 heterocycles. The first-order chi connectivity index (χ1) is 17.1. The van der Waals surface area contributed by atoms with Gasteiger partial charge < -0.3 is 0 Å². The van der Waals surface area contributed by atoms with E-state index in [2.05, 4.69) is 34.0 Å². The Hall–Kier alpha value is -2.94. The van der Waals surface area contributed by atoms with Crippen LogP contribution in [0.2, 0.25) is 0 Å². The van der Waals surface area contributed by atoms with E-state index in [1.54, 1.807) is 18.7 Å². The third kappa shape index (κ3) is 5.56. The van der Waals surface area contributed by atoms with Crippen molar-refractivity contribution in [3.8, 4) is 5.69 Å². The van der Waals surface area contributed by atoms with E-state index in [-0.39, 0.29) is 0 Å². The van der Waals surface area contributed by atoms with Gasteiger partial charge in [0.15, 0.2) is 11.0 Å². The highest BCUT2D eigenvalue weighted by Gasteiger charge is 2.27. The van der Waals surface area contributed by atoms with Crippen molar-refractivity contribution in [2.75, 3.05) is 0 Å². The average Bonchev–Trinajstić information content (AvgIpc) is 3.22. The van der Waals surface area contributed by atoms with Crippen LogP contribution in [-0.4, -0.2) is 23.2 Å². The van der Waals surface area contributed by atoms with Gasteiger partial charge in [0.1, 0.15) is 0 Å². The van der Waals surface area contributed by atoms with E-state index in [0.717, 1.165) is 33.7 Å². The second-order valence-corrected chi connectivity index (χ2v) is 11.9. The van der Waals surface area contributed by atoms with Crippen molar-refractivity contribution in [3.05, 3.63) is 99.9 Å². The third-order valence-corrected chi connectivity index (χ3v) is 8.98. The van der Waals surface area contributed by atoms with Crippen LogP contribution < -0.4 is 4.72 Å². The van der Waals surface area contributed by atoms with Gasteiger partial charge in [-0.25, -0.2) is 13.1 Å². The molecule has 0 bridgehead atoms. The quantitative estimate of drug-likeness (QED) is 0.282. The van der Waals surface area contributed by atoms with Gasteiger partial charge in [-0.15, -0.1) is 10.2 Å². The standard InChI is InChI=1S/C28H32N4O2S2/c1-18-11-13-25(14-12-18)32-27(29-30-28(32)35-17-24-10-8-7-9-20(24)3)23(6)31-36(33,34)26-21(4)15-19(2)16-22(26)5/h7-16,23,31H,17H2,1-6H3. The largest absolute Gasteiger partial charge is 0.273 e. The van der Waals surface area contributed by atoms with Crippen LogP contribution in [0.3, 0.4) is 0 Å². The van der Waals surface area contributed by atoms with Gasteiger partial charge in [-0.3, -0.25) is 4.57 Å². The molecule has 188 valence electrons. The molecule has 0 aliphatic heterocycles. The maximum Gasteiger partial charge on any atom is 0.241 e. The second-order valence-electron chi connectivity index (χ2n) is 9.30. The molecule has 0 spiro atoms. The molecule has 0 radical (unpaired) electrons. The van der Waals surface area contributed by atoms with E-state index in [4.69, 9.17) is 0 Å². The first-order valence-electron chi connectivity index (χ1n) is 11.9. The normalized spacial score (nSPS) is 12.6. The number of benzene rings is 3. The Labute approximate surface area is 218 Å². The van der Waals surface area contributed by atoms with Gasteiger partial charge in [-0.2, -0.15) is 0 Å². The molecule has 6 nitrogen and oxygen atoms in total. The molecule has 0 fully saturated rings. The van der Waals surface area contributed by atoms with E-state index < -0.39 is 16.1 Å². The number of nitrogens with zero attached hydrogens (tertiary/aromatic N) is 3. The Morgan fingerprint density at radius 3 is 2.14 bits per heavy atom. The third-order valence-electron chi connectivity index (χ3n) is 6.16. The Morgan fingerprint density at radius 1 is 0.861 bits per heavy atom.